The van der Waals surface area contributed by atoms with Crippen LogP contribution in [0.4, 0.5) is 5.69 Å². The van der Waals surface area contributed by atoms with E-state index in [0.29, 0.717) is 6.54 Å². The van der Waals surface area contributed by atoms with Crippen molar-refractivity contribution < 1.29 is 9.90 Å². The Balaban J connectivity index is 1.73. The molecule has 92 valence electrons. The van der Waals surface area contributed by atoms with E-state index in [1.807, 2.05) is 31.2 Å². The Labute approximate surface area is 101 Å². The molecule has 0 atom stereocenters. The highest BCUT2D eigenvalue weighted by atomic mass is 16.3. The van der Waals surface area contributed by atoms with Crippen molar-refractivity contribution in [2.45, 2.75) is 31.9 Å². The van der Waals surface area contributed by atoms with Crippen molar-refractivity contribution in [2.75, 3.05) is 11.9 Å². The summed E-state index contributed by atoms with van der Waals surface area (Å²) in [5.41, 5.74) is 1.95. The Morgan fingerprint density at radius 3 is 2.88 bits per heavy atom. The van der Waals surface area contributed by atoms with Crippen LogP contribution < -0.4 is 10.6 Å². The summed E-state index contributed by atoms with van der Waals surface area (Å²) in [5.74, 6) is -0.0445. The van der Waals surface area contributed by atoms with E-state index in [1.165, 1.54) is 0 Å². The average molecular weight is 234 g/mol. The van der Waals surface area contributed by atoms with Gasteiger partial charge in [0.25, 0.3) is 0 Å². The molecule has 1 aromatic rings. The van der Waals surface area contributed by atoms with Crippen LogP contribution in [0.15, 0.2) is 24.3 Å². The quantitative estimate of drug-likeness (QED) is 0.729. The van der Waals surface area contributed by atoms with Gasteiger partial charge in [0, 0.05) is 11.7 Å². The number of nitrogens with one attached hydrogen (secondary N) is 2. The molecular weight excluding hydrogens is 216 g/mol. The van der Waals surface area contributed by atoms with E-state index in [4.69, 9.17) is 5.11 Å². The van der Waals surface area contributed by atoms with E-state index in [2.05, 4.69) is 10.6 Å². The Kier molecular flexibility index (Phi) is 3.76. The minimum Gasteiger partial charge on any atom is -0.393 e. The van der Waals surface area contributed by atoms with Gasteiger partial charge in [0.2, 0.25) is 5.91 Å². The fourth-order valence-electron chi connectivity index (χ4n) is 1.92. The van der Waals surface area contributed by atoms with Crippen LogP contribution in [-0.4, -0.2) is 29.7 Å². The zero-order chi connectivity index (χ0) is 12.3. The zero-order valence-electron chi connectivity index (χ0n) is 9.94. The van der Waals surface area contributed by atoms with Crippen LogP contribution in [0.5, 0.6) is 0 Å². The molecule has 3 N–H and O–H groups in total. The van der Waals surface area contributed by atoms with Gasteiger partial charge < -0.3 is 15.7 Å². The number of carbonyl (C=O) groups excluding carboxylic acids is 1. The van der Waals surface area contributed by atoms with Crippen molar-refractivity contribution in [1.82, 2.24) is 5.32 Å². The lowest BCUT2D eigenvalue weighted by Gasteiger charge is -2.31. The second kappa shape index (κ2) is 5.29. The van der Waals surface area contributed by atoms with E-state index in [-0.39, 0.29) is 18.1 Å². The molecule has 0 aliphatic heterocycles. The molecule has 4 nitrogen and oxygen atoms in total. The molecule has 0 spiro atoms. The van der Waals surface area contributed by atoms with Crippen LogP contribution in [0.1, 0.15) is 18.4 Å². The number of anilines is 1. The average Bonchev–Trinajstić information content (AvgIpc) is 2.23. The minimum absolute atomic E-state index is 0.0445. The number of benzene rings is 1. The molecule has 0 aromatic heterocycles. The van der Waals surface area contributed by atoms with Crippen LogP contribution in [-0.2, 0) is 4.79 Å². The number of carbonyl (C=O) groups is 1. The maximum absolute atomic E-state index is 11.6. The van der Waals surface area contributed by atoms with Crippen molar-refractivity contribution in [2.24, 2.45) is 0 Å². The van der Waals surface area contributed by atoms with E-state index in [9.17, 15) is 4.79 Å². The summed E-state index contributed by atoms with van der Waals surface area (Å²) in [5, 5.41) is 15.1. The second-order valence-electron chi connectivity index (χ2n) is 4.62. The smallest absolute Gasteiger partial charge is 0.238 e. The molecule has 1 saturated carbocycles. The molecule has 0 unspecified atom stereocenters. The predicted octanol–water partition coefficient (Wildman–Crippen LogP) is 1.05. The monoisotopic (exact) mass is 234 g/mol. The molecule has 1 aliphatic carbocycles. The van der Waals surface area contributed by atoms with Gasteiger partial charge in [-0.15, -0.1) is 0 Å². The highest BCUT2D eigenvalue weighted by Crippen LogP contribution is 2.18. The van der Waals surface area contributed by atoms with Crippen LogP contribution in [0.3, 0.4) is 0 Å². The van der Waals surface area contributed by atoms with Crippen molar-refractivity contribution >= 4 is 11.6 Å². The fourth-order valence-corrected chi connectivity index (χ4v) is 1.92. The summed E-state index contributed by atoms with van der Waals surface area (Å²) in [6, 6.07) is 8.00. The third kappa shape index (κ3) is 3.54. The topological polar surface area (TPSA) is 61.4 Å². The second-order valence-corrected chi connectivity index (χ2v) is 4.62. The van der Waals surface area contributed by atoms with Gasteiger partial charge in [-0.05, 0) is 37.5 Å². The summed E-state index contributed by atoms with van der Waals surface area (Å²) in [6.45, 7) is 2.29. The van der Waals surface area contributed by atoms with Gasteiger partial charge in [-0.25, -0.2) is 0 Å². The van der Waals surface area contributed by atoms with Gasteiger partial charge in [0.05, 0.1) is 12.6 Å². The Morgan fingerprint density at radius 1 is 1.47 bits per heavy atom. The molecule has 17 heavy (non-hydrogen) atoms. The van der Waals surface area contributed by atoms with E-state index in [0.717, 1.165) is 24.1 Å². The van der Waals surface area contributed by atoms with E-state index >= 15 is 0 Å². The first-order chi connectivity index (χ1) is 8.13. The van der Waals surface area contributed by atoms with Crippen molar-refractivity contribution in [1.29, 1.82) is 0 Å². The van der Waals surface area contributed by atoms with Crippen molar-refractivity contribution in [3.63, 3.8) is 0 Å². The summed E-state index contributed by atoms with van der Waals surface area (Å²) in [4.78, 5) is 11.6. The van der Waals surface area contributed by atoms with Gasteiger partial charge in [0.15, 0.2) is 0 Å². The summed E-state index contributed by atoms with van der Waals surface area (Å²) < 4.78 is 0. The number of rotatable bonds is 4. The number of amides is 1. The van der Waals surface area contributed by atoms with Gasteiger partial charge in [-0.1, -0.05) is 12.1 Å². The van der Waals surface area contributed by atoms with Gasteiger partial charge in [-0.2, -0.15) is 0 Å². The molecule has 1 fully saturated rings. The minimum atomic E-state index is -0.188. The van der Waals surface area contributed by atoms with Gasteiger partial charge >= 0.3 is 0 Å². The molecule has 0 bridgehead atoms. The number of aryl methyl sites for hydroxylation is 1. The zero-order valence-corrected chi connectivity index (χ0v) is 9.94. The highest BCUT2D eigenvalue weighted by Gasteiger charge is 2.26. The lowest BCUT2D eigenvalue weighted by molar-refractivity contribution is -0.115. The summed E-state index contributed by atoms with van der Waals surface area (Å²) in [6.07, 6.45) is 1.31. The SMILES string of the molecule is Cc1cccc(NC(=O)CNC2CC(O)C2)c1. The lowest BCUT2D eigenvalue weighted by atomic mass is 9.89. The molecule has 0 radical (unpaired) electrons. The van der Waals surface area contributed by atoms with Crippen LogP contribution in [0, 0.1) is 6.92 Å². The Morgan fingerprint density at radius 2 is 2.24 bits per heavy atom. The van der Waals surface area contributed by atoms with Crippen molar-refractivity contribution in [3.05, 3.63) is 29.8 Å². The molecule has 0 heterocycles. The Hall–Kier alpha value is -1.39. The van der Waals surface area contributed by atoms with E-state index in [1.54, 1.807) is 0 Å². The molecular formula is C13H18N2O2. The summed E-state index contributed by atoms with van der Waals surface area (Å²) in [7, 11) is 0. The predicted molar refractivity (Wildman–Crippen MR) is 66.8 cm³/mol. The maximum Gasteiger partial charge on any atom is 0.238 e. The molecule has 4 heteroatoms. The maximum atomic E-state index is 11.6. The van der Waals surface area contributed by atoms with E-state index < -0.39 is 0 Å². The fraction of sp³-hybridized carbons (Fsp3) is 0.462. The Bertz CT molecular complexity index is 400. The first kappa shape index (κ1) is 12.1. The third-order valence-corrected chi connectivity index (χ3v) is 2.97. The molecule has 2 rings (SSSR count). The van der Waals surface area contributed by atoms with Crippen LogP contribution >= 0.6 is 0 Å². The standard InChI is InChI=1S/C13H18N2O2/c1-9-3-2-4-10(5-9)15-13(17)8-14-11-6-12(16)7-11/h2-5,11-12,14,16H,6-8H2,1H3,(H,15,17). The van der Waals surface area contributed by atoms with Gasteiger partial charge in [-0.3, -0.25) is 4.79 Å². The number of aliphatic hydroxyl groups excluding tert-OH is 1. The number of hydrogen-bond acceptors (Lipinski definition) is 3. The molecule has 1 aromatic carbocycles. The van der Waals surface area contributed by atoms with Gasteiger partial charge in [0.1, 0.15) is 0 Å². The molecule has 0 saturated heterocycles. The molecule has 1 aliphatic rings. The number of aliphatic hydroxyl groups is 1. The largest absolute Gasteiger partial charge is 0.393 e. The van der Waals surface area contributed by atoms with Crippen LogP contribution in [0.2, 0.25) is 0 Å². The third-order valence-electron chi connectivity index (χ3n) is 2.97. The highest BCUT2D eigenvalue weighted by molar-refractivity contribution is 5.92. The summed E-state index contributed by atoms with van der Waals surface area (Å²) >= 11 is 0. The lowest BCUT2D eigenvalue weighted by Crippen LogP contribution is -2.46. The van der Waals surface area contributed by atoms with Crippen molar-refractivity contribution in [3.8, 4) is 0 Å². The first-order valence-corrected chi connectivity index (χ1v) is 5.91. The normalized spacial score (nSPS) is 22.9. The van der Waals surface area contributed by atoms with Crippen LogP contribution in [0.25, 0.3) is 0 Å². The molecule has 1 amide bonds. The first-order valence-electron chi connectivity index (χ1n) is 5.91. The number of hydrogen-bond donors (Lipinski definition) is 3.